The number of nitrogens with zero attached hydrogens (tertiary/aromatic N) is 2. The lowest BCUT2D eigenvalue weighted by Crippen LogP contribution is -2.29. The minimum absolute atomic E-state index is 0.146. The van der Waals surface area contributed by atoms with Crippen molar-refractivity contribution in [1.29, 1.82) is 0 Å². The summed E-state index contributed by atoms with van der Waals surface area (Å²) in [6.45, 7) is 2.76. The van der Waals surface area contributed by atoms with E-state index in [1.54, 1.807) is 22.9 Å². The zero-order valence-corrected chi connectivity index (χ0v) is 10.6. The van der Waals surface area contributed by atoms with Crippen molar-refractivity contribution in [2.75, 3.05) is 11.5 Å². The number of aryl methyl sites for hydroxylation is 1. The first-order chi connectivity index (χ1) is 8.20. The number of aromatic nitrogens is 1. The van der Waals surface area contributed by atoms with Gasteiger partial charge in [0.25, 0.3) is 5.56 Å². The molecule has 1 aromatic heterocycles. The zero-order valence-electron chi connectivity index (χ0n) is 9.80. The quantitative estimate of drug-likeness (QED) is 0.262. The summed E-state index contributed by atoms with van der Waals surface area (Å²) >= 11 is 1.84. The summed E-state index contributed by atoms with van der Waals surface area (Å²) in [4.78, 5) is 11.9. The molecule has 0 saturated heterocycles. The molecule has 0 aliphatic heterocycles. The summed E-state index contributed by atoms with van der Waals surface area (Å²) in [6.07, 6.45) is 2.64. The highest BCUT2D eigenvalue weighted by Gasteiger charge is 2.06. The SMILES string of the molecule is CCSCCCn1cccc(/C(N)=N/O)c1=O. The topological polar surface area (TPSA) is 80.6 Å². The highest BCUT2D eigenvalue weighted by atomic mass is 32.2. The van der Waals surface area contributed by atoms with Crippen molar-refractivity contribution >= 4 is 17.6 Å². The molecule has 0 unspecified atom stereocenters. The minimum Gasteiger partial charge on any atom is -0.409 e. The van der Waals surface area contributed by atoms with E-state index in [1.807, 2.05) is 11.8 Å². The van der Waals surface area contributed by atoms with E-state index in [1.165, 1.54) is 0 Å². The molecular weight excluding hydrogens is 238 g/mol. The van der Waals surface area contributed by atoms with Crippen molar-refractivity contribution in [3.05, 3.63) is 34.2 Å². The van der Waals surface area contributed by atoms with Gasteiger partial charge in [-0.25, -0.2) is 0 Å². The molecule has 0 atom stereocenters. The predicted octanol–water partition coefficient (Wildman–Crippen LogP) is 1.09. The van der Waals surface area contributed by atoms with Crippen molar-refractivity contribution in [3.8, 4) is 0 Å². The number of amidine groups is 1. The van der Waals surface area contributed by atoms with Crippen LogP contribution in [0.4, 0.5) is 0 Å². The maximum Gasteiger partial charge on any atom is 0.261 e. The van der Waals surface area contributed by atoms with Crippen LogP contribution < -0.4 is 11.3 Å². The Hall–Kier alpha value is -1.43. The first kappa shape index (κ1) is 13.6. The molecule has 0 radical (unpaired) electrons. The molecule has 0 spiro atoms. The summed E-state index contributed by atoms with van der Waals surface area (Å²) in [5, 5.41) is 11.4. The Morgan fingerprint density at radius 1 is 1.65 bits per heavy atom. The average Bonchev–Trinajstić information content (AvgIpc) is 2.35. The molecule has 0 amide bonds. The van der Waals surface area contributed by atoms with E-state index in [-0.39, 0.29) is 17.0 Å². The van der Waals surface area contributed by atoms with Gasteiger partial charge in [0, 0.05) is 12.7 Å². The number of oxime groups is 1. The molecule has 1 aromatic rings. The molecule has 5 nitrogen and oxygen atoms in total. The Labute approximate surface area is 104 Å². The number of hydrogen-bond donors (Lipinski definition) is 2. The molecule has 0 aliphatic rings. The Bertz CT molecular complexity index is 443. The standard InChI is InChI=1S/C11H17N3O2S/c1-2-17-8-4-7-14-6-3-5-9(11(14)15)10(12)13-16/h3,5-6,16H,2,4,7-8H2,1H3,(H2,12,13). The van der Waals surface area contributed by atoms with Crippen molar-refractivity contribution in [3.63, 3.8) is 0 Å². The Morgan fingerprint density at radius 2 is 2.41 bits per heavy atom. The van der Waals surface area contributed by atoms with E-state index in [0.717, 1.165) is 17.9 Å². The highest BCUT2D eigenvalue weighted by molar-refractivity contribution is 7.99. The summed E-state index contributed by atoms with van der Waals surface area (Å²) in [5.41, 5.74) is 5.44. The second-order valence-electron chi connectivity index (χ2n) is 3.46. The molecule has 0 aliphatic carbocycles. The number of thioether (sulfide) groups is 1. The lowest BCUT2D eigenvalue weighted by atomic mass is 10.2. The Balaban J connectivity index is 2.77. The summed E-state index contributed by atoms with van der Waals surface area (Å²) < 4.78 is 1.59. The smallest absolute Gasteiger partial charge is 0.261 e. The van der Waals surface area contributed by atoms with Crippen LogP contribution in [0.2, 0.25) is 0 Å². The molecule has 94 valence electrons. The van der Waals surface area contributed by atoms with Crippen LogP contribution in [0.15, 0.2) is 28.3 Å². The lowest BCUT2D eigenvalue weighted by molar-refractivity contribution is 0.318. The van der Waals surface area contributed by atoms with E-state index in [9.17, 15) is 4.79 Å². The van der Waals surface area contributed by atoms with Crippen molar-refractivity contribution in [2.24, 2.45) is 10.9 Å². The fourth-order valence-electron chi connectivity index (χ4n) is 1.44. The minimum atomic E-state index is -0.218. The van der Waals surface area contributed by atoms with Crippen molar-refractivity contribution in [1.82, 2.24) is 4.57 Å². The molecule has 0 saturated carbocycles. The van der Waals surface area contributed by atoms with E-state index in [0.29, 0.717) is 6.54 Å². The predicted molar refractivity (Wildman–Crippen MR) is 70.8 cm³/mol. The van der Waals surface area contributed by atoms with Gasteiger partial charge in [-0.1, -0.05) is 12.1 Å². The summed E-state index contributed by atoms with van der Waals surface area (Å²) in [5.74, 6) is 1.96. The Kier molecular flexibility index (Phi) is 5.62. The highest BCUT2D eigenvalue weighted by Crippen LogP contribution is 2.02. The molecule has 0 bridgehead atoms. The van der Waals surface area contributed by atoms with Crippen molar-refractivity contribution < 1.29 is 5.21 Å². The van der Waals surface area contributed by atoms with Crippen LogP contribution in [0.25, 0.3) is 0 Å². The van der Waals surface area contributed by atoms with E-state index in [4.69, 9.17) is 10.9 Å². The van der Waals surface area contributed by atoms with Crippen LogP contribution in [-0.4, -0.2) is 27.1 Å². The van der Waals surface area contributed by atoms with Gasteiger partial charge >= 0.3 is 0 Å². The van der Waals surface area contributed by atoms with E-state index in [2.05, 4.69) is 12.1 Å². The maximum absolute atomic E-state index is 11.9. The van der Waals surface area contributed by atoms with Gasteiger partial charge in [-0.15, -0.1) is 0 Å². The third-order valence-corrected chi connectivity index (χ3v) is 3.28. The summed E-state index contributed by atoms with van der Waals surface area (Å²) in [6, 6.07) is 3.27. The lowest BCUT2D eigenvalue weighted by Gasteiger charge is -2.06. The zero-order chi connectivity index (χ0) is 12.7. The van der Waals surface area contributed by atoms with Crippen LogP contribution in [0, 0.1) is 0 Å². The maximum atomic E-state index is 11.9. The monoisotopic (exact) mass is 255 g/mol. The largest absolute Gasteiger partial charge is 0.409 e. The molecule has 17 heavy (non-hydrogen) atoms. The first-order valence-corrected chi connectivity index (χ1v) is 6.61. The molecular formula is C11H17N3O2S. The second kappa shape index (κ2) is 7.01. The van der Waals surface area contributed by atoms with Gasteiger partial charge in [-0.2, -0.15) is 11.8 Å². The third-order valence-electron chi connectivity index (χ3n) is 2.30. The molecule has 3 N–H and O–H groups in total. The van der Waals surface area contributed by atoms with Gasteiger partial charge in [-0.3, -0.25) is 4.79 Å². The van der Waals surface area contributed by atoms with Crippen molar-refractivity contribution in [2.45, 2.75) is 19.9 Å². The van der Waals surface area contributed by atoms with Gasteiger partial charge in [0.1, 0.15) is 0 Å². The van der Waals surface area contributed by atoms with E-state index < -0.39 is 0 Å². The van der Waals surface area contributed by atoms with Crippen LogP contribution in [0.5, 0.6) is 0 Å². The van der Waals surface area contributed by atoms with Gasteiger partial charge in [-0.05, 0) is 30.1 Å². The first-order valence-electron chi connectivity index (χ1n) is 5.45. The second-order valence-corrected chi connectivity index (χ2v) is 4.85. The van der Waals surface area contributed by atoms with E-state index >= 15 is 0 Å². The number of pyridine rings is 1. The van der Waals surface area contributed by atoms with Gasteiger partial charge in [0.05, 0.1) is 5.56 Å². The van der Waals surface area contributed by atoms with Crippen LogP contribution in [0.3, 0.4) is 0 Å². The third kappa shape index (κ3) is 3.81. The van der Waals surface area contributed by atoms with Crippen LogP contribution in [-0.2, 0) is 6.54 Å². The van der Waals surface area contributed by atoms with Crippen LogP contribution in [0.1, 0.15) is 18.9 Å². The average molecular weight is 255 g/mol. The van der Waals surface area contributed by atoms with Crippen LogP contribution >= 0.6 is 11.8 Å². The fourth-order valence-corrected chi connectivity index (χ4v) is 2.06. The normalized spacial score (nSPS) is 11.7. The number of nitrogens with two attached hydrogens (primary N) is 1. The molecule has 1 heterocycles. The number of rotatable bonds is 6. The molecule has 0 fully saturated rings. The van der Waals surface area contributed by atoms with Gasteiger partial charge in [0.15, 0.2) is 5.84 Å². The summed E-state index contributed by atoms with van der Waals surface area (Å²) in [7, 11) is 0. The van der Waals surface area contributed by atoms with Gasteiger partial charge < -0.3 is 15.5 Å². The fraction of sp³-hybridized carbons (Fsp3) is 0.455. The molecule has 0 aromatic carbocycles. The number of hydrogen-bond acceptors (Lipinski definition) is 4. The molecule has 1 rings (SSSR count). The van der Waals surface area contributed by atoms with Gasteiger partial charge in [0.2, 0.25) is 0 Å². The Morgan fingerprint density at radius 3 is 3.06 bits per heavy atom. The molecule has 6 heteroatoms.